The van der Waals surface area contributed by atoms with Gasteiger partial charge >= 0.3 is 0 Å². The van der Waals surface area contributed by atoms with Gasteiger partial charge in [0.2, 0.25) is 0 Å². The number of ether oxygens (including phenoxy) is 1. The van der Waals surface area contributed by atoms with Gasteiger partial charge in [0.15, 0.2) is 0 Å². The van der Waals surface area contributed by atoms with Crippen molar-refractivity contribution >= 4 is 10.8 Å². The number of aromatic nitrogens is 3. The molecular weight excluding hydrogens is 316 g/mol. The van der Waals surface area contributed by atoms with Gasteiger partial charge < -0.3 is 9.84 Å². The fraction of sp³-hybridized carbons (Fsp3) is 0.368. The van der Waals surface area contributed by atoms with Gasteiger partial charge in [-0.25, -0.2) is 0 Å². The zero-order chi connectivity index (χ0) is 17.1. The van der Waals surface area contributed by atoms with Crippen LogP contribution in [0.4, 0.5) is 0 Å². The first-order valence-electron chi connectivity index (χ1n) is 8.66. The Balaban J connectivity index is 1.38. The number of β-amino-alcohol motifs (C(OH)–C–C–N with tert-alkyl or cyclic N) is 1. The molecule has 1 atom stereocenters. The number of H-pyrrole nitrogens is 1. The summed E-state index contributed by atoms with van der Waals surface area (Å²) < 4.78 is 6.02. The van der Waals surface area contributed by atoms with E-state index in [2.05, 4.69) is 38.5 Å². The molecule has 0 amide bonds. The van der Waals surface area contributed by atoms with Crippen LogP contribution < -0.4 is 4.74 Å². The first-order valence-corrected chi connectivity index (χ1v) is 8.66. The number of rotatable bonds is 5. The minimum absolute atomic E-state index is 0.554. The summed E-state index contributed by atoms with van der Waals surface area (Å²) in [5.41, 5.74) is -0.308. The highest BCUT2D eigenvalue weighted by molar-refractivity contribution is 5.88. The van der Waals surface area contributed by atoms with Crippen LogP contribution in [-0.4, -0.2) is 51.7 Å². The van der Waals surface area contributed by atoms with Crippen LogP contribution in [0.25, 0.3) is 10.8 Å². The molecule has 2 N–H and O–H groups in total. The van der Waals surface area contributed by atoms with Crippen molar-refractivity contribution < 1.29 is 9.84 Å². The van der Waals surface area contributed by atoms with Crippen molar-refractivity contribution in [3.05, 3.63) is 54.4 Å². The molecule has 0 bridgehead atoms. The Morgan fingerprint density at radius 2 is 2.08 bits per heavy atom. The van der Waals surface area contributed by atoms with Crippen molar-refractivity contribution in [2.45, 2.75) is 18.4 Å². The van der Waals surface area contributed by atoms with Crippen LogP contribution in [0, 0.1) is 0 Å². The van der Waals surface area contributed by atoms with E-state index in [-0.39, 0.29) is 0 Å². The lowest BCUT2D eigenvalue weighted by Gasteiger charge is -2.37. The fourth-order valence-electron chi connectivity index (χ4n) is 3.56. The van der Waals surface area contributed by atoms with E-state index in [0.717, 1.165) is 30.6 Å². The number of aliphatic hydroxyl groups is 1. The van der Waals surface area contributed by atoms with Crippen LogP contribution in [0.3, 0.4) is 0 Å². The Labute approximate surface area is 146 Å². The number of piperidine rings is 1. The van der Waals surface area contributed by atoms with Gasteiger partial charge in [0.1, 0.15) is 23.7 Å². The van der Waals surface area contributed by atoms with Crippen LogP contribution in [0.1, 0.15) is 18.5 Å². The number of likely N-dealkylation sites (tertiary alicyclic amines) is 1. The Morgan fingerprint density at radius 3 is 2.96 bits per heavy atom. The second kappa shape index (κ2) is 6.82. The lowest BCUT2D eigenvalue weighted by Crippen LogP contribution is -2.47. The summed E-state index contributed by atoms with van der Waals surface area (Å²) in [7, 11) is 0. The second-order valence-corrected chi connectivity index (χ2v) is 6.59. The lowest BCUT2D eigenvalue weighted by molar-refractivity contribution is -0.0412. The average molecular weight is 338 g/mol. The second-order valence-electron chi connectivity index (χ2n) is 6.59. The zero-order valence-corrected chi connectivity index (χ0v) is 14.1. The van der Waals surface area contributed by atoms with Gasteiger partial charge in [-0.1, -0.05) is 36.4 Å². The maximum Gasteiger partial charge on any atom is 0.127 e. The summed E-state index contributed by atoms with van der Waals surface area (Å²) >= 11 is 0. The van der Waals surface area contributed by atoms with E-state index in [4.69, 9.17) is 4.74 Å². The third-order valence-corrected chi connectivity index (χ3v) is 4.86. The van der Waals surface area contributed by atoms with Crippen molar-refractivity contribution in [3.8, 4) is 5.75 Å². The summed E-state index contributed by atoms with van der Waals surface area (Å²) in [6.45, 7) is 2.86. The van der Waals surface area contributed by atoms with Crippen LogP contribution in [-0.2, 0) is 5.60 Å². The fourth-order valence-corrected chi connectivity index (χ4v) is 3.56. The van der Waals surface area contributed by atoms with E-state index in [0.29, 0.717) is 25.3 Å². The third kappa shape index (κ3) is 3.36. The molecule has 2 aromatic carbocycles. The SMILES string of the molecule is O[C@]1(c2cn[nH]n2)CCCN(CCOc2cccc3ccccc23)C1. The number of hydrogen-bond donors (Lipinski definition) is 2. The monoisotopic (exact) mass is 338 g/mol. The molecule has 1 aromatic heterocycles. The molecule has 6 heteroatoms. The van der Waals surface area contributed by atoms with Crippen LogP contribution in [0.5, 0.6) is 5.75 Å². The molecule has 0 aliphatic carbocycles. The Hall–Kier alpha value is -2.44. The number of nitrogens with one attached hydrogen (secondary N) is 1. The number of aromatic amines is 1. The van der Waals surface area contributed by atoms with Crippen LogP contribution in [0.2, 0.25) is 0 Å². The number of hydrogen-bond acceptors (Lipinski definition) is 5. The van der Waals surface area contributed by atoms with E-state index in [1.54, 1.807) is 6.20 Å². The van der Waals surface area contributed by atoms with Gasteiger partial charge in [0, 0.05) is 18.5 Å². The Bertz CT molecular complexity index is 831. The topological polar surface area (TPSA) is 74.3 Å². The summed E-state index contributed by atoms with van der Waals surface area (Å²) in [5.74, 6) is 0.905. The molecular formula is C19H22N4O2. The van der Waals surface area contributed by atoms with Gasteiger partial charge in [-0.15, -0.1) is 0 Å². The van der Waals surface area contributed by atoms with E-state index in [9.17, 15) is 5.11 Å². The highest BCUT2D eigenvalue weighted by atomic mass is 16.5. The average Bonchev–Trinajstić information content (AvgIpc) is 3.18. The summed E-state index contributed by atoms with van der Waals surface area (Å²) in [5, 5.41) is 23.6. The molecule has 1 saturated heterocycles. The molecule has 25 heavy (non-hydrogen) atoms. The number of benzene rings is 2. The van der Waals surface area contributed by atoms with Crippen molar-refractivity contribution in [3.63, 3.8) is 0 Å². The molecule has 0 saturated carbocycles. The molecule has 4 rings (SSSR count). The van der Waals surface area contributed by atoms with Crippen LogP contribution in [0.15, 0.2) is 48.7 Å². The summed E-state index contributed by atoms with van der Waals surface area (Å²) in [4.78, 5) is 2.23. The van der Waals surface area contributed by atoms with Gasteiger partial charge in [-0.3, -0.25) is 4.90 Å². The van der Waals surface area contributed by atoms with Gasteiger partial charge in [-0.2, -0.15) is 15.4 Å². The molecule has 0 radical (unpaired) electrons. The first-order chi connectivity index (χ1) is 12.2. The quantitative estimate of drug-likeness (QED) is 0.747. The minimum atomic E-state index is -0.926. The third-order valence-electron chi connectivity index (χ3n) is 4.86. The summed E-state index contributed by atoms with van der Waals surface area (Å²) in [6, 6.07) is 14.3. The summed E-state index contributed by atoms with van der Waals surface area (Å²) in [6.07, 6.45) is 3.24. The molecule has 6 nitrogen and oxygen atoms in total. The maximum absolute atomic E-state index is 10.9. The van der Waals surface area contributed by atoms with Gasteiger partial charge in [-0.05, 0) is 30.8 Å². The highest BCUT2D eigenvalue weighted by Gasteiger charge is 2.36. The molecule has 0 unspecified atom stereocenters. The molecule has 1 fully saturated rings. The van der Waals surface area contributed by atoms with Gasteiger partial charge in [0.25, 0.3) is 0 Å². The minimum Gasteiger partial charge on any atom is -0.492 e. The molecule has 1 aliphatic heterocycles. The molecule has 3 aromatic rings. The largest absolute Gasteiger partial charge is 0.492 e. The number of fused-ring (bicyclic) bond motifs is 1. The lowest BCUT2D eigenvalue weighted by atomic mass is 9.90. The van der Waals surface area contributed by atoms with E-state index >= 15 is 0 Å². The van der Waals surface area contributed by atoms with Crippen LogP contribution >= 0.6 is 0 Å². The standard InChI is InChI=1S/C19H22N4O2/c24-19(18-13-20-22-21-18)9-4-10-23(14-19)11-12-25-17-8-3-6-15-5-1-2-7-16(15)17/h1-3,5-8,13,24H,4,9-12,14H2,(H,20,21,22)/t19-/m1/s1. The van der Waals surface area contributed by atoms with Gasteiger partial charge in [0.05, 0.1) is 6.20 Å². The molecule has 130 valence electrons. The van der Waals surface area contributed by atoms with Crippen molar-refractivity contribution in [1.82, 2.24) is 20.3 Å². The van der Waals surface area contributed by atoms with E-state index in [1.165, 1.54) is 5.39 Å². The van der Waals surface area contributed by atoms with Crippen molar-refractivity contribution in [2.24, 2.45) is 0 Å². The van der Waals surface area contributed by atoms with E-state index < -0.39 is 5.60 Å². The molecule has 0 spiro atoms. The predicted octanol–water partition coefficient (Wildman–Crippen LogP) is 2.32. The number of nitrogens with zero attached hydrogens (tertiary/aromatic N) is 3. The zero-order valence-electron chi connectivity index (χ0n) is 14.1. The van der Waals surface area contributed by atoms with Crippen molar-refractivity contribution in [2.75, 3.05) is 26.2 Å². The first kappa shape index (κ1) is 16.1. The molecule has 1 aliphatic rings. The molecule has 2 heterocycles. The maximum atomic E-state index is 10.9. The predicted molar refractivity (Wildman–Crippen MR) is 95.4 cm³/mol. The Kier molecular flexibility index (Phi) is 4.38. The van der Waals surface area contributed by atoms with E-state index in [1.807, 2.05) is 24.3 Å². The highest BCUT2D eigenvalue weighted by Crippen LogP contribution is 2.30. The normalized spacial score (nSPS) is 21.5. The van der Waals surface area contributed by atoms with Crippen molar-refractivity contribution in [1.29, 1.82) is 0 Å². The smallest absolute Gasteiger partial charge is 0.127 e. The Morgan fingerprint density at radius 1 is 1.20 bits per heavy atom.